The number of nitrogens with one attached hydrogen (secondary N) is 3. The van der Waals surface area contributed by atoms with Crippen LogP contribution in [-0.2, 0) is 24.4 Å². The van der Waals surface area contributed by atoms with Crippen molar-refractivity contribution in [1.29, 1.82) is 0 Å². The van der Waals surface area contributed by atoms with Crippen molar-refractivity contribution in [3.8, 4) is 17.4 Å². The van der Waals surface area contributed by atoms with Gasteiger partial charge >= 0.3 is 0 Å². The minimum atomic E-state index is -4.51. The summed E-state index contributed by atoms with van der Waals surface area (Å²) in [5, 5.41) is 5.60. The number of allylic oxidation sites excluding steroid dienone is 1. The lowest BCUT2D eigenvalue weighted by Gasteiger charge is -2.33. The summed E-state index contributed by atoms with van der Waals surface area (Å²) in [6.45, 7) is 1.95. The molecule has 20 heteroatoms. The number of pyridine rings is 1. The maximum absolute atomic E-state index is 15.1. The van der Waals surface area contributed by atoms with Gasteiger partial charge in [0.25, 0.3) is 11.8 Å². The zero-order valence-corrected chi connectivity index (χ0v) is 35.1. The van der Waals surface area contributed by atoms with E-state index in [1.54, 1.807) is 19.1 Å². The van der Waals surface area contributed by atoms with Gasteiger partial charge in [-0.05, 0) is 62.5 Å². The van der Waals surface area contributed by atoms with Crippen LogP contribution in [0.1, 0.15) is 69.2 Å². The summed E-state index contributed by atoms with van der Waals surface area (Å²) in [4.78, 5) is 62.4. The maximum atomic E-state index is 15.1. The van der Waals surface area contributed by atoms with Crippen LogP contribution < -0.4 is 29.6 Å². The monoisotopic (exact) mass is 891 g/mol. The topological polar surface area (TPSA) is 182 Å². The molecule has 1 saturated heterocycles. The second-order valence-electron chi connectivity index (χ2n) is 16.7. The molecule has 2 saturated carbocycles. The number of halogens is 5. The van der Waals surface area contributed by atoms with Crippen molar-refractivity contribution in [3.63, 3.8) is 0 Å². The lowest BCUT2D eigenvalue weighted by molar-refractivity contribution is -0.142. The second-order valence-corrected chi connectivity index (χ2v) is 18.8. The highest BCUT2D eigenvalue weighted by Gasteiger charge is 2.64. The number of fused-ring (bicyclic) bond motifs is 3. The van der Waals surface area contributed by atoms with Gasteiger partial charge in [0, 0.05) is 29.9 Å². The first-order chi connectivity index (χ1) is 29.4. The molecule has 0 spiro atoms. The molecule has 3 heterocycles. The number of ether oxygens (including phenoxy) is 3. The fraction of sp³-hybridized carbons (Fsp3) is 0.500. The van der Waals surface area contributed by atoms with Crippen LogP contribution in [0.15, 0.2) is 42.6 Å². The number of aromatic nitrogens is 1. The summed E-state index contributed by atoms with van der Waals surface area (Å²) < 4.78 is 116. The number of amides is 4. The number of hydrogen-bond donors (Lipinski definition) is 3. The van der Waals surface area contributed by atoms with Gasteiger partial charge in [-0.25, -0.2) is 35.4 Å². The predicted octanol–water partition coefficient (Wildman–Crippen LogP) is 4.79. The number of hydrogen-bond acceptors (Lipinski definition) is 10. The Morgan fingerprint density at radius 2 is 1.66 bits per heavy atom. The number of methoxy groups -OCH3 is 2. The summed E-state index contributed by atoms with van der Waals surface area (Å²) in [5.41, 5.74) is -2.96. The van der Waals surface area contributed by atoms with E-state index in [9.17, 15) is 45.2 Å². The Balaban J connectivity index is 1.27. The summed E-state index contributed by atoms with van der Waals surface area (Å²) >= 11 is 0. The van der Waals surface area contributed by atoms with Crippen LogP contribution in [0.2, 0.25) is 0 Å². The second kappa shape index (κ2) is 17.0. The molecule has 2 aliphatic carbocycles. The number of carbonyl (C=O) groups excluding carboxylic acids is 4. The average Bonchev–Trinajstić information content (AvgIpc) is 4.12. The third-order valence-electron chi connectivity index (χ3n) is 12.4. The summed E-state index contributed by atoms with van der Waals surface area (Å²) in [6.07, 6.45) is 4.72. The van der Waals surface area contributed by atoms with Crippen LogP contribution in [0, 0.1) is 41.0 Å². The van der Waals surface area contributed by atoms with Gasteiger partial charge in [-0.3, -0.25) is 23.9 Å². The molecule has 14 nitrogen and oxygen atoms in total. The van der Waals surface area contributed by atoms with Crippen molar-refractivity contribution in [3.05, 3.63) is 71.4 Å². The van der Waals surface area contributed by atoms with Crippen LogP contribution in [0.3, 0.4) is 0 Å². The van der Waals surface area contributed by atoms with Gasteiger partial charge in [0.05, 0.1) is 32.3 Å². The zero-order chi connectivity index (χ0) is 44.9. The van der Waals surface area contributed by atoms with Gasteiger partial charge < -0.3 is 29.7 Å². The van der Waals surface area contributed by atoms with E-state index >= 15 is 4.39 Å². The quantitative estimate of drug-likeness (QED) is 0.189. The van der Waals surface area contributed by atoms with E-state index in [0.717, 1.165) is 11.0 Å². The van der Waals surface area contributed by atoms with E-state index in [4.69, 9.17) is 14.2 Å². The van der Waals surface area contributed by atoms with E-state index in [0.29, 0.717) is 36.8 Å². The van der Waals surface area contributed by atoms with Crippen LogP contribution in [0.25, 0.3) is 10.8 Å². The smallest absolute Gasteiger partial charge is 0.259 e. The first kappa shape index (κ1) is 44.5. The number of rotatable bonds is 10. The van der Waals surface area contributed by atoms with Crippen molar-refractivity contribution >= 4 is 44.4 Å². The van der Waals surface area contributed by atoms with Gasteiger partial charge in [0.2, 0.25) is 27.7 Å². The molecule has 7 unspecified atom stereocenters. The molecule has 7 rings (SSSR count). The minimum Gasteiger partial charge on any atom is -0.494 e. The number of nitrogens with zero attached hydrogens (tertiary/aromatic N) is 2. The Morgan fingerprint density at radius 3 is 2.31 bits per heavy atom. The Kier molecular flexibility index (Phi) is 12.2. The molecule has 3 N–H and O–H groups in total. The van der Waals surface area contributed by atoms with Crippen LogP contribution in [0.4, 0.5) is 22.0 Å². The first-order valence-corrected chi connectivity index (χ1v) is 21.6. The van der Waals surface area contributed by atoms with Gasteiger partial charge in [-0.2, -0.15) is 0 Å². The van der Waals surface area contributed by atoms with Crippen molar-refractivity contribution in [2.24, 2.45) is 17.8 Å². The van der Waals surface area contributed by atoms with Crippen LogP contribution in [-0.4, -0.2) is 97.8 Å². The number of sulfonamides is 1. The third-order valence-corrected chi connectivity index (χ3v) is 14.5. The summed E-state index contributed by atoms with van der Waals surface area (Å²) in [6, 6.07) is 0.118. The molecule has 3 fully saturated rings. The Morgan fingerprint density at radius 1 is 0.968 bits per heavy atom. The molecule has 62 heavy (non-hydrogen) atoms. The highest BCUT2D eigenvalue weighted by Crippen LogP contribution is 2.48. The third kappa shape index (κ3) is 8.36. The Labute approximate surface area is 354 Å². The normalized spacial score (nSPS) is 27.2. The molecule has 3 aromatic rings. The fourth-order valence-corrected chi connectivity index (χ4v) is 9.91. The summed E-state index contributed by atoms with van der Waals surface area (Å²) in [5.74, 6) is -10.8. The zero-order valence-electron chi connectivity index (χ0n) is 34.2. The molecule has 7 atom stereocenters. The molecule has 334 valence electrons. The molecule has 2 aromatic carbocycles. The number of benzene rings is 2. The Hall–Kier alpha value is -5.53. The molecule has 1 aromatic heterocycles. The fourth-order valence-electron chi connectivity index (χ4n) is 8.48. The molecular weight excluding hydrogens is 846 g/mol. The highest BCUT2D eigenvalue weighted by atomic mass is 32.2. The van der Waals surface area contributed by atoms with E-state index in [1.165, 1.54) is 26.5 Å². The van der Waals surface area contributed by atoms with Gasteiger partial charge in [-0.1, -0.05) is 26.0 Å². The van der Waals surface area contributed by atoms with E-state index < -0.39 is 109 Å². The van der Waals surface area contributed by atoms with Crippen LogP contribution >= 0.6 is 0 Å². The number of carbonyl (C=O) groups is 4. The lowest BCUT2D eigenvalue weighted by atomic mass is 9.87. The van der Waals surface area contributed by atoms with E-state index in [2.05, 4.69) is 15.6 Å². The van der Waals surface area contributed by atoms with Crippen molar-refractivity contribution < 1.29 is 63.8 Å². The highest BCUT2D eigenvalue weighted by molar-refractivity contribution is 7.91. The predicted molar refractivity (Wildman–Crippen MR) is 212 cm³/mol. The minimum absolute atomic E-state index is 0.00260. The molecule has 0 radical (unpaired) electrons. The van der Waals surface area contributed by atoms with Gasteiger partial charge in [0.1, 0.15) is 63.9 Å². The van der Waals surface area contributed by atoms with E-state index in [1.807, 2.05) is 11.6 Å². The Bertz CT molecular complexity index is 2430. The average molecular weight is 892 g/mol. The molecule has 4 amide bonds. The summed E-state index contributed by atoms with van der Waals surface area (Å²) in [7, 11) is -1.85. The molecule has 0 bridgehead atoms. The number of alkyl halides is 1. The maximum Gasteiger partial charge on any atom is 0.259 e. The van der Waals surface area contributed by atoms with Crippen LogP contribution in [0.5, 0.6) is 17.4 Å². The SMILES string of the molecule is COc1cc2c(OC)cnc(OC3CC4C(=O)NC5(C(=O)NS(=O)(=O)C6(CF)CC6)CC5C=CCCC(C)CC(C)C(NC(=O)c5c(F)cc(F)cc5F)C(=O)N4C3)c2cc1F. The molecular formula is C42H46F5N5O9S. The lowest BCUT2D eigenvalue weighted by Crippen LogP contribution is -2.59. The molecule has 2 aliphatic heterocycles. The van der Waals surface area contributed by atoms with Gasteiger partial charge in [0.15, 0.2) is 11.6 Å². The van der Waals surface area contributed by atoms with Crippen molar-refractivity contribution in [1.82, 2.24) is 25.2 Å². The van der Waals surface area contributed by atoms with Gasteiger partial charge in [-0.15, -0.1) is 0 Å². The van der Waals surface area contributed by atoms with Crippen molar-refractivity contribution in [2.45, 2.75) is 87.3 Å². The van der Waals surface area contributed by atoms with Crippen molar-refractivity contribution in [2.75, 3.05) is 27.4 Å². The molecule has 4 aliphatic rings. The van der Waals surface area contributed by atoms with E-state index in [-0.39, 0.29) is 60.9 Å². The standard InChI is InChI=1S/C42H46F5N5O9S/c1-21-7-5-6-8-23-17-42(23,40(56)51-62(57,58)41(20-43)9-10-41)50-36(53)31-14-25(61-38-27-15-28(45)32(59-3)16-26(27)33(60-4)18-48-38)19-52(31)39(55)35(22(2)11-21)49-37(54)34-29(46)12-24(44)13-30(34)47/h6,8,12-13,15-16,18,21-23,25,31,35H,5,7,9-11,14,17,19-20H2,1-4H3,(H,49,54)(H,50,53)(H,51,56). The first-order valence-electron chi connectivity index (χ1n) is 20.1. The largest absolute Gasteiger partial charge is 0.494 e.